The van der Waals surface area contributed by atoms with Crippen molar-refractivity contribution in [2.24, 2.45) is 5.92 Å². The van der Waals surface area contributed by atoms with Crippen LogP contribution in [-0.2, 0) is 16.6 Å². The van der Waals surface area contributed by atoms with Gasteiger partial charge >= 0.3 is 0 Å². The van der Waals surface area contributed by atoms with Crippen molar-refractivity contribution in [3.63, 3.8) is 0 Å². The summed E-state index contributed by atoms with van der Waals surface area (Å²) in [5.41, 5.74) is 0. The van der Waals surface area contributed by atoms with Gasteiger partial charge in [0.2, 0.25) is 10.0 Å². The first-order valence-electron chi connectivity index (χ1n) is 5.86. The summed E-state index contributed by atoms with van der Waals surface area (Å²) in [6.45, 7) is 2.25. The molecule has 96 valence electrons. The molecule has 0 radical (unpaired) electrons. The number of sulfonamides is 1. The highest BCUT2D eigenvalue weighted by atomic mass is 32.2. The van der Waals surface area contributed by atoms with E-state index in [9.17, 15) is 8.42 Å². The molecule has 0 aliphatic carbocycles. The molecule has 1 aliphatic heterocycles. The Balaban J connectivity index is 1.81. The fourth-order valence-electron chi connectivity index (χ4n) is 2.03. The zero-order valence-electron chi connectivity index (χ0n) is 9.69. The Morgan fingerprint density at radius 3 is 3.06 bits per heavy atom. The molecule has 0 aromatic carbocycles. The molecular formula is C11H18N2O2S2. The first-order chi connectivity index (χ1) is 8.16. The Kier molecular flexibility index (Phi) is 4.55. The van der Waals surface area contributed by atoms with Gasteiger partial charge < -0.3 is 5.32 Å². The zero-order valence-corrected chi connectivity index (χ0v) is 11.3. The van der Waals surface area contributed by atoms with Crippen LogP contribution in [0.4, 0.5) is 0 Å². The molecule has 0 amide bonds. The summed E-state index contributed by atoms with van der Waals surface area (Å²) in [5.74, 6) is 0.496. The molecule has 1 fully saturated rings. The number of rotatable bonds is 5. The lowest BCUT2D eigenvalue weighted by Gasteiger charge is -2.22. The highest BCUT2D eigenvalue weighted by Gasteiger charge is 2.20. The van der Waals surface area contributed by atoms with Gasteiger partial charge in [-0.3, -0.25) is 0 Å². The normalized spacial score (nSPS) is 21.5. The Hall–Kier alpha value is -0.430. The Morgan fingerprint density at radius 2 is 2.41 bits per heavy atom. The predicted molar refractivity (Wildman–Crippen MR) is 70.5 cm³/mol. The van der Waals surface area contributed by atoms with Gasteiger partial charge in [-0.15, -0.1) is 11.3 Å². The molecule has 0 bridgehead atoms. The van der Waals surface area contributed by atoms with Crippen LogP contribution in [0.15, 0.2) is 17.5 Å². The minimum absolute atomic E-state index is 0.241. The number of hydrogen-bond acceptors (Lipinski definition) is 4. The van der Waals surface area contributed by atoms with Crippen LogP contribution in [0.2, 0.25) is 0 Å². The van der Waals surface area contributed by atoms with Gasteiger partial charge in [-0.1, -0.05) is 6.07 Å². The minimum Gasteiger partial charge on any atom is -0.316 e. The zero-order chi connectivity index (χ0) is 12.1. The molecule has 2 N–H and O–H groups in total. The largest absolute Gasteiger partial charge is 0.316 e. The second-order valence-electron chi connectivity index (χ2n) is 4.39. The maximum atomic E-state index is 11.9. The van der Waals surface area contributed by atoms with E-state index in [4.69, 9.17) is 0 Å². The predicted octanol–water partition coefficient (Wildman–Crippen LogP) is 1.17. The van der Waals surface area contributed by atoms with E-state index in [0.717, 1.165) is 30.8 Å². The highest BCUT2D eigenvalue weighted by Crippen LogP contribution is 2.13. The van der Waals surface area contributed by atoms with E-state index in [2.05, 4.69) is 10.0 Å². The topological polar surface area (TPSA) is 58.2 Å². The molecule has 1 saturated heterocycles. The van der Waals surface area contributed by atoms with Gasteiger partial charge in [-0.05, 0) is 43.3 Å². The highest BCUT2D eigenvalue weighted by molar-refractivity contribution is 7.89. The van der Waals surface area contributed by atoms with Gasteiger partial charge in [0.05, 0.1) is 5.75 Å². The third kappa shape index (κ3) is 4.39. The number of nitrogens with one attached hydrogen (secondary N) is 2. The fraction of sp³-hybridized carbons (Fsp3) is 0.636. The van der Waals surface area contributed by atoms with Gasteiger partial charge in [0.1, 0.15) is 0 Å². The summed E-state index contributed by atoms with van der Waals surface area (Å²) >= 11 is 1.57. The summed E-state index contributed by atoms with van der Waals surface area (Å²) in [4.78, 5) is 1.05. The van der Waals surface area contributed by atoms with E-state index in [1.807, 2.05) is 17.5 Å². The molecule has 0 saturated carbocycles. The van der Waals surface area contributed by atoms with Crippen molar-refractivity contribution in [3.8, 4) is 0 Å². The van der Waals surface area contributed by atoms with Crippen LogP contribution < -0.4 is 10.0 Å². The van der Waals surface area contributed by atoms with Crippen LogP contribution in [0.5, 0.6) is 0 Å². The lowest BCUT2D eigenvalue weighted by molar-refractivity contribution is 0.402. The Labute approximate surface area is 106 Å². The van der Waals surface area contributed by atoms with Crippen LogP contribution >= 0.6 is 11.3 Å². The second kappa shape index (κ2) is 5.95. The minimum atomic E-state index is -3.14. The summed E-state index contributed by atoms with van der Waals surface area (Å²) in [6.07, 6.45) is 2.08. The molecule has 1 atom stereocenters. The van der Waals surface area contributed by atoms with Crippen molar-refractivity contribution in [3.05, 3.63) is 22.4 Å². The van der Waals surface area contributed by atoms with E-state index in [1.165, 1.54) is 0 Å². The molecule has 17 heavy (non-hydrogen) atoms. The average molecular weight is 274 g/mol. The SMILES string of the molecule is O=S(=O)(CC1CCCNC1)NCc1cccs1. The molecule has 1 unspecified atom stereocenters. The summed E-state index contributed by atoms with van der Waals surface area (Å²) in [6, 6.07) is 3.87. The van der Waals surface area contributed by atoms with Gasteiger partial charge in [0, 0.05) is 11.4 Å². The van der Waals surface area contributed by atoms with Crippen LogP contribution in [-0.4, -0.2) is 27.3 Å². The van der Waals surface area contributed by atoms with Crippen molar-refractivity contribution >= 4 is 21.4 Å². The average Bonchev–Trinajstić information content (AvgIpc) is 2.80. The van der Waals surface area contributed by atoms with Crippen molar-refractivity contribution < 1.29 is 8.42 Å². The third-order valence-corrected chi connectivity index (χ3v) is 5.27. The molecule has 2 rings (SSSR count). The van der Waals surface area contributed by atoms with Crippen LogP contribution in [0.25, 0.3) is 0 Å². The van der Waals surface area contributed by atoms with Gasteiger partial charge in [0.25, 0.3) is 0 Å². The first kappa shape index (κ1) is 13.0. The summed E-state index contributed by atoms with van der Waals surface area (Å²) < 4.78 is 26.4. The molecular weight excluding hydrogens is 256 g/mol. The Bertz CT molecular complexity index is 422. The van der Waals surface area contributed by atoms with Crippen molar-refractivity contribution in [1.29, 1.82) is 0 Å². The summed E-state index contributed by atoms with van der Waals surface area (Å²) in [5, 5.41) is 5.19. The van der Waals surface area contributed by atoms with Crippen molar-refractivity contribution in [2.75, 3.05) is 18.8 Å². The number of thiophene rings is 1. The van der Waals surface area contributed by atoms with Crippen LogP contribution in [0.3, 0.4) is 0 Å². The molecule has 1 aromatic heterocycles. The van der Waals surface area contributed by atoms with E-state index >= 15 is 0 Å². The van der Waals surface area contributed by atoms with E-state index in [-0.39, 0.29) is 11.7 Å². The molecule has 4 nitrogen and oxygen atoms in total. The van der Waals surface area contributed by atoms with E-state index in [1.54, 1.807) is 11.3 Å². The lowest BCUT2D eigenvalue weighted by atomic mass is 10.0. The fourth-order valence-corrected chi connectivity index (χ4v) is 4.16. The van der Waals surface area contributed by atoms with Crippen molar-refractivity contribution in [2.45, 2.75) is 19.4 Å². The molecule has 6 heteroatoms. The second-order valence-corrected chi connectivity index (χ2v) is 7.28. The van der Waals surface area contributed by atoms with Gasteiger partial charge in [-0.2, -0.15) is 0 Å². The number of hydrogen-bond donors (Lipinski definition) is 2. The van der Waals surface area contributed by atoms with Crippen molar-refractivity contribution in [1.82, 2.24) is 10.0 Å². The van der Waals surface area contributed by atoms with Gasteiger partial charge in [-0.25, -0.2) is 13.1 Å². The summed E-state index contributed by atoms with van der Waals surface area (Å²) in [7, 11) is -3.14. The van der Waals surface area contributed by atoms with E-state index < -0.39 is 10.0 Å². The maximum Gasteiger partial charge on any atom is 0.212 e. The first-order valence-corrected chi connectivity index (χ1v) is 8.39. The smallest absolute Gasteiger partial charge is 0.212 e. The third-order valence-electron chi connectivity index (χ3n) is 2.90. The standard InChI is InChI=1S/C11H18N2O2S2/c14-17(15,9-10-3-1-5-12-7-10)13-8-11-4-2-6-16-11/h2,4,6,10,12-13H,1,3,5,7-9H2. The monoisotopic (exact) mass is 274 g/mol. The molecule has 1 aromatic rings. The van der Waals surface area contributed by atoms with Crippen LogP contribution in [0.1, 0.15) is 17.7 Å². The van der Waals surface area contributed by atoms with E-state index in [0.29, 0.717) is 6.54 Å². The number of piperidine rings is 1. The lowest BCUT2D eigenvalue weighted by Crippen LogP contribution is -2.37. The molecule has 1 aliphatic rings. The van der Waals surface area contributed by atoms with Crippen LogP contribution in [0, 0.1) is 5.92 Å². The quantitative estimate of drug-likeness (QED) is 0.847. The maximum absolute atomic E-state index is 11.9. The molecule has 0 spiro atoms. The molecule has 2 heterocycles. The Morgan fingerprint density at radius 1 is 1.53 bits per heavy atom. The van der Waals surface area contributed by atoms with Gasteiger partial charge in [0.15, 0.2) is 0 Å².